The fourth-order valence-electron chi connectivity index (χ4n) is 1.81. The Morgan fingerprint density at radius 2 is 2.25 bits per heavy atom. The van der Waals surface area contributed by atoms with Crippen LogP contribution < -0.4 is 4.90 Å². The molecular formula is C15H14FNO2S. The van der Waals surface area contributed by atoms with Gasteiger partial charge in [0.25, 0.3) is 0 Å². The van der Waals surface area contributed by atoms with Gasteiger partial charge in [0.2, 0.25) is 0 Å². The van der Waals surface area contributed by atoms with Crippen LogP contribution in [0.1, 0.15) is 10.4 Å². The fourth-order valence-corrected chi connectivity index (χ4v) is 2.57. The third kappa shape index (κ3) is 3.93. The van der Waals surface area contributed by atoms with Crippen molar-refractivity contribution in [3.8, 4) is 0 Å². The summed E-state index contributed by atoms with van der Waals surface area (Å²) in [4.78, 5) is 13.6. The third-order valence-electron chi connectivity index (χ3n) is 2.74. The summed E-state index contributed by atoms with van der Waals surface area (Å²) in [6, 6.07) is 8.50. The number of halogens is 1. The van der Waals surface area contributed by atoms with E-state index in [0.717, 1.165) is 6.08 Å². The Kier molecular flexibility index (Phi) is 4.53. The third-order valence-corrected chi connectivity index (χ3v) is 3.60. The van der Waals surface area contributed by atoms with Gasteiger partial charge in [-0.2, -0.15) is 0 Å². The molecule has 0 aliphatic heterocycles. The molecule has 0 aliphatic rings. The summed E-state index contributed by atoms with van der Waals surface area (Å²) in [5.41, 5.74) is 1.24. The molecule has 104 valence electrons. The van der Waals surface area contributed by atoms with E-state index in [9.17, 15) is 9.18 Å². The van der Waals surface area contributed by atoms with Crippen LogP contribution in [0.2, 0.25) is 0 Å². The van der Waals surface area contributed by atoms with E-state index in [-0.39, 0.29) is 5.82 Å². The molecule has 2 aromatic rings. The van der Waals surface area contributed by atoms with Gasteiger partial charge in [0.05, 0.1) is 6.54 Å². The number of carboxylic acid groups (broad SMARTS) is 1. The molecule has 0 atom stereocenters. The monoisotopic (exact) mass is 291 g/mol. The van der Waals surface area contributed by atoms with E-state index in [0.29, 0.717) is 17.8 Å². The number of hydrogen-bond donors (Lipinski definition) is 1. The number of aliphatic carboxylic acids is 1. The van der Waals surface area contributed by atoms with E-state index in [4.69, 9.17) is 5.11 Å². The van der Waals surface area contributed by atoms with Crippen LogP contribution in [0.15, 0.2) is 41.8 Å². The molecule has 0 spiro atoms. The average molecular weight is 291 g/mol. The molecular weight excluding hydrogens is 277 g/mol. The first-order valence-corrected chi connectivity index (χ1v) is 6.87. The van der Waals surface area contributed by atoms with E-state index < -0.39 is 5.97 Å². The molecule has 1 aromatic heterocycles. The lowest BCUT2D eigenvalue weighted by Gasteiger charge is -2.19. The molecule has 0 radical (unpaired) electrons. The number of benzene rings is 1. The summed E-state index contributed by atoms with van der Waals surface area (Å²) in [5.74, 6) is -1.44. The van der Waals surface area contributed by atoms with Crippen molar-refractivity contribution in [3.05, 3.63) is 58.0 Å². The lowest BCUT2D eigenvalue weighted by molar-refractivity contribution is -0.131. The summed E-state index contributed by atoms with van der Waals surface area (Å²) in [6.45, 7) is 0.684. The minimum absolute atomic E-state index is 0.384. The standard InChI is InChI=1S/C15H14FNO2S/c1-17(10-14-3-2-6-20-14)13-8-11(4-5-15(18)19)7-12(16)9-13/h2-9H,10H2,1H3,(H,18,19)/b5-4+. The van der Waals surface area contributed by atoms with Crippen LogP contribution >= 0.6 is 11.3 Å². The summed E-state index contributed by atoms with van der Waals surface area (Å²) in [6.07, 6.45) is 2.38. The van der Waals surface area contributed by atoms with Gasteiger partial charge in [-0.3, -0.25) is 0 Å². The molecule has 20 heavy (non-hydrogen) atoms. The second-order valence-corrected chi connectivity index (χ2v) is 5.38. The summed E-state index contributed by atoms with van der Waals surface area (Å²) < 4.78 is 13.6. The van der Waals surface area contributed by atoms with E-state index >= 15 is 0 Å². The molecule has 0 amide bonds. The Morgan fingerprint density at radius 3 is 2.90 bits per heavy atom. The van der Waals surface area contributed by atoms with E-state index in [1.165, 1.54) is 23.1 Å². The highest BCUT2D eigenvalue weighted by Crippen LogP contribution is 2.21. The van der Waals surface area contributed by atoms with Gasteiger partial charge >= 0.3 is 5.97 Å². The predicted molar refractivity (Wildman–Crippen MR) is 79.5 cm³/mol. The smallest absolute Gasteiger partial charge is 0.328 e. The molecule has 0 aliphatic carbocycles. The van der Waals surface area contributed by atoms with Crippen LogP contribution in [-0.4, -0.2) is 18.1 Å². The highest BCUT2D eigenvalue weighted by atomic mass is 32.1. The molecule has 0 fully saturated rings. The molecule has 2 rings (SSSR count). The Morgan fingerprint density at radius 1 is 1.45 bits per heavy atom. The molecule has 0 saturated heterocycles. The molecule has 0 bridgehead atoms. The first-order chi connectivity index (χ1) is 9.54. The van der Waals surface area contributed by atoms with Gasteiger partial charge in [0.1, 0.15) is 5.82 Å². The maximum absolute atomic E-state index is 13.6. The van der Waals surface area contributed by atoms with E-state index in [1.54, 1.807) is 17.4 Å². The minimum atomic E-state index is -1.05. The second-order valence-electron chi connectivity index (χ2n) is 4.35. The average Bonchev–Trinajstić information content (AvgIpc) is 2.88. The zero-order valence-corrected chi connectivity index (χ0v) is 11.7. The molecule has 1 N–H and O–H groups in total. The normalized spacial score (nSPS) is 10.9. The van der Waals surface area contributed by atoms with Crippen molar-refractivity contribution in [1.82, 2.24) is 0 Å². The van der Waals surface area contributed by atoms with Gasteiger partial charge < -0.3 is 10.0 Å². The molecule has 1 heterocycles. The van der Waals surface area contributed by atoms with Crippen LogP contribution in [-0.2, 0) is 11.3 Å². The van der Waals surface area contributed by atoms with Crippen LogP contribution in [0.5, 0.6) is 0 Å². The Bertz CT molecular complexity index is 623. The van der Waals surface area contributed by atoms with Gasteiger partial charge in [0.15, 0.2) is 0 Å². The number of thiophene rings is 1. The number of carboxylic acids is 1. The molecule has 0 unspecified atom stereocenters. The first-order valence-electron chi connectivity index (χ1n) is 6.00. The summed E-state index contributed by atoms with van der Waals surface area (Å²) in [5, 5.41) is 10.6. The summed E-state index contributed by atoms with van der Waals surface area (Å²) in [7, 11) is 1.87. The lowest BCUT2D eigenvalue weighted by Crippen LogP contribution is -2.15. The fraction of sp³-hybridized carbons (Fsp3) is 0.133. The maximum atomic E-state index is 13.6. The summed E-state index contributed by atoms with van der Waals surface area (Å²) >= 11 is 1.64. The SMILES string of the molecule is CN(Cc1cccs1)c1cc(F)cc(/C=C/C(=O)O)c1. The van der Waals surface area contributed by atoms with E-state index in [2.05, 4.69) is 0 Å². The highest BCUT2D eigenvalue weighted by molar-refractivity contribution is 7.09. The number of rotatable bonds is 5. The number of hydrogen-bond acceptors (Lipinski definition) is 3. The Labute approximate surface area is 120 Å². The van der Waals surface area contributed by atoms with Crippen molar-refractivity contribution in [2.45, 2.75) is 6.54 Å². The van der Waals surface area contributed by atoms with Crippen LogP contribution in [0.4, 0.5) is 10.1 Å². The van der Waals surface area contributed by atoms with Crippen molar-refractivity contribution >= 4 is 29.1 Å². The minimum Gasteiger partial charge on any atom is -0.478 e. The predicted octanol–water partition coefficient (Wildman–Crippen LogP) is 3.62. The van der Waals surface area contributed by atoms with Gasteiger partial charge in [0, 0.05) is 23.7 Å². The zero-order chi connectivity index (χ0) is 14.5. The molecule has 3 nitrogen and oxygen atoms in total. The van der Waals surface area contributed by atoms with Gasteiger partial charge in [-0.1, -0.05) is 6.07 Å². The van der Waals surface area contributed by atoms with Gasteiger partial charge in [-0.05, 0) is 41.3 Å². The number of carbonyl (C=O) groups is 1. The second kappa shape index (κ2) is 6.34. The van der Waals surface area contributed by atoms with Crippen molar-refractivity contribution in [1.29, 1.82) is 0 Å². The van der Waals surface area contributed by atoms with Crippen molar-refractivity contribution in [2.24, 2.45) is 0 Å². The van der Waals surface area contributed by atoms with E-state index in [1.807, 2.05) is 29.5 Å². The van der Waals surface area contributed by atoms with Crippen LogP contribution in [0.3, 0.4) is 0 Å². The van der Waals surface area contributed by atoms with Crippen molar-refractivity contribution in [2.75, 3.05) is 11.9 Å². The molecule has 1 aromatic carbocycles. The first kappa shape index (κ1) is 14.3. The largest absolute Gasteiger partial charge is 0.478 e. The highest BCUT2D eigenvalue weighted by Gasteiger charge is 2.06. The Hall–Kier alpha value is -2.14. The van der Waals surface area contributed by atoms with Gasteiger partial charge in [-0.15, -0.1) is 11.3 Å². The Balaban J connectivity index is 2.20. The topological polar surface area (TPSA) is 40.5 Å². The lowest BCUT2D eigenvalue weighted by atomic mass is 10.1. The number of nitrogens with zero attached hydrogens (tertiary/aromatic N) is 1. The molecule has 5 heteroatoms. The van der Waals surface area contributed by atoms with Gasteiger partial charge in [-0.25, -0.2) is 9.18 Å². The zero-order valence-electron chi connectivity index (χ0n) is 10.9. The van der Waals surface area contributed by atoms with Crippen molar-refractivity contribution in [3.63, 3.8) is 0 Å². The van der Waals surface area contributed by atoms with Crippen LogP contribution in [0.25, 0.3) is 6.08 Å². The number of anilines is 1. The quantitative estimate of drug-likeness (QED) is 0.855. The maximum Gasteiger partial charge on any atom is 0.328 e. The van der Waals surface area contributed by atoms with Crippen LogP contribution in [0, 0.1) is 5.82 Å². The molecule has 0 saturated carbocycles. The van der Waals surface area contributed by atoms with Crippen molar-refractivity contribution < 1.29 is 14.3 Å².